The second-order valence-corrected chi connectivity index (χ2v) is 6.32. The van der Waals surface area contributed by atoms with Gasteiger partial charge in [0, 0.05) is 11.2 Å². The molecule has 1 amide bonds. The van der Waals surface area contributed by atoms with Gasteiger partial charge in [-0.15, -0.1) is 24.8 Å². The van der Waals surface area contributed by atoms with E-state index in [1.807, 2.05) is 42.5 Å². The van der Waals surface area contributed by atoms with Gasteiger partial charge in [0.15, 0.2) is 0 Å². The summed E-state index contributed by atoms with van der Waals surface area (Å²) >= 11 is 6.09. The van der Waals surface area contributed by atoms with Crippen LogP contribution in [0.2, 0.25) is 5.02 Å². The van der Waals surface area contributed by atoms with E-state index in [1.165, 1.54) is 12.8 Å². The third kappa shape index (κ3) is 6.83. The highest BCUT2D eigenvalue weighted by atomic mass is 35.5. The zero-order valence-electron chi connectivity index (χ0n) is 13.7. The van der Waals surface area contributed by atoms with Crippen molar-refractivity contribution in [2.24, 2.45) is 5.92 Å². The Labute approximate surface area is 165 Å². The van der Waals surface area contributed by atoms with E-state index in [9.17, 15) is 4.79 Å². The van der Waals surface area contributed by atoms with E-state index in [0.29, 0.717) is 11.6 Å². The van der Waals surface area contributed by atoms with Crippen LogP contribution in [0.5, 0.6) is 0 Å². The van der Waals surface area contributed by atoms with Gasteiger partial charge in [-0.05, 0) is 55.1 Å². The number of halogens is 3. The summed E-state index contributed by atoms with van der Waals surface area (Å²) in [5.41, 5.74) is 1.72. The highest BCUT2D eigenvalue weighted by Crippen LogP contribution is 2.27. The van der Waals surface area contributed by atoms with Gasteiger partial charge in [0.2, 0.25) is 5.91 Å². The zero-order valence-corrected chi connectivity index (χ0v) is 16.0. The molecule has 1 heterocycles. The minimum Gasteiger partial charge on any atom is -0.342 e. The van der Waals surface area contributed by atoms with Crippen molar-refractivity contribution in [1.29, 1.82) is 0 Å². The summed E-state index contributed by atoms with van der Waals surface area (Å²) in [6.07, 6.45) is 4.27. The molecule has 7 heteroatoms. The van der Waals surface area contributed by atoms with Crippen molar-refractivity contribution in [1.82, 2.24) is 15.6 Å². The summed E-state index contributed by atoms with van der Waals surface area (Å²) in [7, 11) is 0. The van der Waals surface area contributed by atoms with Gasteiger partial charge < -0.3 is 10.6 Å². The average Bonchev–Trinajstić information content (AvgIpc) is 3.38. The molecule has 0 saturated heterocycles. The van der Waals surface area contributed by atoms with E-state index < -0.39 is 0 Å². The normalized spacial score (nSPS) is 14.0. The molecule has 0 aliphatic heterocycles. The van der Waals surface area contributed by atoms with E-state index in [-0.39, 0.29) is 36.8 Å². The Balaban J connectivity index is 0.00000156. The molecular formula is C18H22Cl3N3O. The summed E-state index contributed by atoms with van der Waals surface area (Å²) in [6, 6.07) is 12.9. The number of nitrogens with zero attached hydrogens (tertiary/aromatic N) is 1. The van der Waals surface area contributed by atoms with Crippen molar-refractivity contribution in [3.8, 4) is 0 Å². The summed E-state index contributed by atoms with van der Waals surface area (Å²) in [4.78, 5) is 16.6. The maximum atomic E-state index is 12.3. The molecule has 1 aliphatic carbocycles. The minimum atomic E-state index is -0.301. The van der Waals surface area contributed by atoms with E-state index in [0.717, 1.165) is 23.7 Å². The van der Waals surface area contributed by atoms with Gasteiger partial charge in [-0.3, -0.25) is 9.78 Å². The molecule has 1 aromatic heterocycles. The maximum Gasteiger partial charge on any atom is 0.234 e. The van der Waals surface area contributed by atoms with Crippen LogP contribution in [0.4, 0.5) is 0 Å². The molecule has 0 spiro atoms. The highest BCUT2D eigenvalue weighted by molar-refractivity contribution is 6.30. The van der Waals surface area contributed by atoms with Crippen LogP contribution in [0.1, 0.15) is 30.1 Å². The summed E-state index contributed by atoms with van der Waals surface area (Å²) in [5, 5.41) is 6.90. The Hall–Kier alpha value is -1.33. The molecule has 1 saturated carbocycles. The quantitative estimate of drug-likeness (QED) is 0.741. The monoisotopic (exact) mass is 401 g/mol. The van der Waals surface area contributed by atoms with Crippen molar-refractivity contribution in [3.63, 3.8) is 0 Å². The van der Waals surface area contributed by atoms with Crippen LogP contribution in [0, 0.1) is 5.92 Å². The molecule has 0 radical (unpaired) electrons. The number of carbonyl (C=O) groups is 1. The number of aromatic nitrogens is 1. The Morgan fingerprint density at radius 3 is 2.64 bits per heavy atom. The van der Waals surface area contributed by atoms with Crippen LogP contribution in [0.25, 0.3) is 0 Å². The van der Waals surface area contributed by atoms with Gasteiger partial charge >= 0.3 is 0 Å². The predicted octanol–water partition coefficient (Wildman–Crippen LogP) is 3.78. The third-order valence-electron chi connectivity index (χ3n) is 3.89. The number of amides is 1. The van der Waals surface area contributed by atoms with E-state index in [4.69, 9.17) is 11.6 Å². The molecule has 136 valence electrons. The van der Waals surface area contributed by atoms with Gasteiger partial charge in [0.25, 0.3) is 0 Å². The Bertz CT molecular complexity index is 666. The molecule has 2 N–H and O–H groups in total. The number of pyridine rings is 1. The largest absolute Gasteiger partial charge is 0.342 e. The van der Waals surface area contributed by atoms with E-state index >= 15 is 0 Å². The fraction of sp³-hybridized carbons (Fsp3) is 0.333. The van der Waals surface area contributed by atoms with Gasteiger partial charge in [-0.1, -0.05) is 29.8 Å². The summed E-state index contributed by atoms with van der Waals surface area (Å²) in [5.74, 6) is 0.712. The van der Waals surface area contributed by atoms with Crippen LogP contribution in [-0.4, -0.2) is 24.0 Å². The first-order chi connectivity index (χ1) is 11.2. The molecule has 25 heavy (non-hydrogen) atoms. The van der Waals surface area contributed by atoms with Crippen molar-refractivity contribution in [2.45, 2.75) is 18.9 Å². The van der Waals surface area contributed by atoms with Crippen LogP contribution in [-0.2, 0) is 4.79 Å². The molecule has 1 fully saturated rings. The van der Waals surface area contributed by atoms with Crippen LogP contribution < -0.4 is 10.6 Å². The molecular weight excluding hydrogens is 381 g/mol. The number of nitrogens with one attached hydrogen (secondary N) is 2. The highest BCUT2D eigenvalue weighted by Gasteiger charge is 2.22. The number of carbonyl (C=O) groups excluding carboxylic acids is 1. The Morgan fingerprint density at radius 2 is 2.00 bits per heavy atom. The van der Waals surface area contributed by atoms with Gasteiger partial charge in [0.1, 0.15) is 0 Å². The smallest absolute Gasteiger partial charge is 0.234 e. The molecule has 4 nitrogen and oxygen atoms in total. The first kappa shape index (κ1) is 21.7. The lowest BCUT2D eigenvalue weighted by Crippen LogP contribution is -2.37. The molecule has 2 aromatic rings. The van der Waals surface area contributed by atoms with Gasteiger partial charge in [-0.25, -0.2) is 0 Å². The molecule has 1 aliphatic rings. The first-order valence-corrected chi connectivity index (χ1v) is 8.26. The molecule has 1 atom stereocenters. The van der Waals surface area contributed by atoms with Gasteiger partial charge in [0.05, 0.1) is 18.3 Å². The number of rotatable bonds is 7. The van der Waals surface area contributed by atoms with E-state index in [1.54, 1.807) is 6.20 Å². The second kappa shape index (κ2) is 10.6. The van der Waals surface area contributed by atoms with Crippen LogP contribution in [0.3, 0.4) is 0 Å². The van der Waals surface area contributed by atoms with Crippen molar-refractivity contribution < 1.29 is 4.79 Å². The Kier molecular flexibility index (Phi) is 9.22. The third-order valence-corrected chi connectivity index (χ3v) is 4.12. The van der Waals surface area contributed by atoms with Gasteiger partial charge in [-0.2, -0.15) is 0 Å². The fourth-order valence-electron chi connectivity index (χ4n) is 2.48. The minimum absolute atomic E-state index is 0. The predicted molar refractivity (Wildman–Crippen MR) is 106 cm³/mol. The lowest BCUT2D eigenvalue weighted by molar-refractivity contribution is -0.120. The molecule has 3 rings (SSSR count). The number of hydrogen-bond donors (Lipinski definition) is 2. The average molecular weight is 403 g/mol. The van der Waals surface area contributed by atoms with Crippen LogP contribution in [0.15, 0.2) is 48.7 Å². The number of benzene rings is 1. The second-order valence-electron chi connectivity index (χ2n) is 5.88. The standard InChI is InChI=1S/C18H20ClN3O.2ClH/c19-15-5-3-4-14(10-15)18(16-6-1-2-9-21-16)22-17(23)12-20-11-13-7-8-13;;/h1-6,9-10,13,18,20H,7-8,11-12H2,(H,22,23);2*1H. The molecule has 0 bridgehead atoms. The summed E-state index contributed by atoms with van der Waals surface area (Å²) in [6.45, 7) is 1.24. The van der Waals surface area contributed by atoms with Crippen molar-refractivity contribution >= 4 is 42.3 Å². The lowest BCUT2D eigenvalue weighted by Gasteiger charge is -2.19. The zero-order chi connectivity index (χ0) is 16.1. The van der Waals surface area contributed by atoms with Crippen LogP contribution >= 0.6 is 36.4 Å². The molecule has 1 aromatic carbocycles. The lowest BCUT2D eigenvalue weighted by atomic mass is 10.0. The SMILES string of the molecule is Cl.Cl.O=C(CNCC1CC1)NC(c1cccc(Cl)c1)c1ccccn1. The first-order valence-electron chi connectivity index (χ1n) is 7.89. The fourth-order valence-corrected chi connectivity index (χ4v) is 2.68. The van der Waals surface area contributed by atoms with E-state index in [2.05, 4.69) is 15.6 Å². The van der Waals surface area contributed by atoms with Crippen molar-refractivity contribution in [3.05, 3.63) is 64.9 Å². The topological polar surface area (TPSA) is 54.0 Å². The maximum absolute atomic E-state index is 12.3. The number of hydrogen-bond acceptors (Lipinski definition) is 3. The van der Waals surface area contributed by atoms with Crippen molar-refractivity contribution in [2.75, 3.05) is 13.1 Å². The molecule has 1 unspecified atom stereocenters. The summed E-state index contributed by atoms with van der Waals surface area (Å²) < 4.78 is 0. The Morgan fingerprint density at radius 1 is 1.20 bits per heavy atom.